The second-order valence-corrected chi connectivity index (χ2v) is 4.76. The number of carbonyl (C=O) groups excluding carboxylic acids is 1. The lowest BCUT2D eigenvalue weighted by molar-refractivity contribution is -0.253. The molecule has 1 amide bonds. The molecule has 0 aliphatic carbocycles. The first kappa shape index (κ1) is 18.3. The largest absolute Gasteiger partial charge is 0.481 e. The number of rotatable bonds is 6. The maximum Gasteiger partial charge on any atom is 0.318 e. The molecule has 22 heavy (non-hydrogen) atoms. The zero-order valence-corrected chi connectivity index (χ0v) is 11.2. The summed E-state index contributed by atoms with van der Waals surface area (Å²) in [6.45, 7) is -0.684. The highest BCUT2D eigenvalue weighted by Crippen LogP contribution is 2.20. The van der Waals surface area contributed by atoms with Crippen molar-refractivity contribution in [1.82, 2.24) is 5.32 Å². The number of aliphatic hydroxyl groups excluding tert-OH is 4. The van der Waals surface area contributed by atoms with Crippen LogP contribution in [0.15, 0.2) is 0 Å². The molecular weight excluding hydrogens is 306 g/mol. The van der Waals surface area contributed by atoms with Crippen molar-refractivity contribution in [2.75, 3.05) is 6.61 Å². The summed E-state index contributed by atoms with van der Waals surface area (Å²) in [4.78, 5) is 33.0. The fourth-order valence-corrected chi connectivity index (χ4v) is 1.96. The summed E-state index contributed by atoms with van der Waals surface area (Å²) in [7, 11) is 0. The van der Waals surface area contributed by atoms with Crippen LogP contribution in [0.2, 0.25) is 0 Å². The van der Waals surface area contributed by atoms with Crippen molar-refractivity contribution in [1.29, 1.82) is 0 Å². The third-order valence-electron chi connectivity index (χ3n) is 3.21. The van der Waals surface area contributed by atoms with Gasteiger partial charge >= 0.3 is 11.9 Å². The molecule has 1 aliphatic heterocycles. The maximum absolute atomic E-state index is 11.6. The van der Waals surface area contributed by atoms with Crippen LogP contribution in [0, 0.1) is 5.92 Å². The molecule has 1 heterocycles. The number of carboxylic acids is 2. The monoisotopic (exact) mass is 323 g/mol. The number of amides is 1. The molecule has 0 saturated carbocycles. The van der Waals surface area contributed by atoms with E-state index >= 15 is 0 Å². The molecule has 11 nitrogen and oxygen atoms in total. The van der Waals surface area contributed by atoms with Crippen molar-refractivity contribution in [3.63, 3.8) is 0 Å². The first-order valence-corrected chi connectivity index (χ1v) is 6.24. The van der Waals surface area contributed by atoms with E-state index in [4.69, 9.17) is 20.1 Å². The van der Waals surface area contributed by atoms with Crippen molar-refractivity contribution in [2.45, 2.75) is 37.1 Å². The molecule has 1 unspecified atom stereocenters. The Morgan fingerprint density at radius 2 is 1.59 bits per heavy atom. The lowest BCUT2D eigenvalue weighted by atomic mass is 9.96. The summed E-state index contributed by atoms with van der Waals surface area (Å²) in [6, 6.07) is -1.51. The van der Waals surface area contributed by atoms with Crippen molar-refractivity contribution in [3.05, 3.63) is 0 Å². The predicted molar refractivity (Wildman–Crippen MR) is 65.3 cm³/mol. The van der Waals surface area contributed by atoms with Gasteiger partial charge in [0.05, 0.1) is 13.0 Å². The van der Waals surface area contributed by atoms with Gasteiger partial charge in [0.25, 0.3) is 0 Å². The van der Waals surface area contributed by atoms with Gasteiger partial charge in [-0.1, -0.05) is 0 Å². The average molecular weight is 323 g/mol. The van der Waals surface area contributed by atoms with Crippen LogP contribution in [0.1, 0.15) is 6.42 Å². The van der Waals surface area contributed by atoms with E-state index in [2.05, 4.69) is 0 Å². The second kappa shape index (κ2) is 7.47. The van der Waals surface area contributed by atoms with Crippen LogP contribution in [0.5, 0.6) is 0 Å². The van der Waals surface area contributed by atoms with Gasteiger partial charge in [-0.3, -0.25) is 14.4 Å². The number of aliphatic carboxylic acids is 2. The molecule has 126 valence electrons. The molecule has 5 atom stereocenters. The topological polar surface area (TPSA) is 194 Å². The molecule has 7 N–H and O–H groups in total. The normalized spacial score (nSPS) is 31.8. The van der Waals surface area contributed by atoms with Gasteiger partial charge in [-0.25, -0.2) is 0 Å². The molecule has 0 aromatic carbocycles. The Balaban J connectivity index is 2.70. The first-order chi connectivity index (χ1) is 10.2. The molecule has 1 rings (SSSR count). The maximum atomic E-state index is 11.6. The van der Waals surface area contributed by atoms with Gasteiger partial charge < -0.3 is 40.7 Å². The SMILES string of the molecule is O=C(CC(C(=O)O)C(=O)O)N[C@H]1C(O)O[C@H](CO)[C@@H](O)[C@@H]1O. The van der Waals surface area contributed by atoms with Crippen LogP contribution in [0.25, 0.3) is 0 Å². The molecule has 0 aromatic heterocycles. The van der Waals surface area contributed by atoms with Crippen molar-refractivity contribution in [2.24, 2.45) is 5.92 Å². The summed E-state index contributed by atoms with van der Waals surface area (Å²) in [5.74, 6) is -6.50. The minimum absolute atomic E-state index is 0.684. The highest BCUT2D eigenvalue weighted by atomic mass is 16.6. The quantitative estimate of drug-likeness (QED) is 0.237. The summed E-state index contributed by atoms with van der Waals surface area (Å²) in [5.41, 5.74) is 0. The molecule has 0 bridgehead atoms. The molecule has 0 aromatic rings. The Morgan fingerprint density at radius 1 is 1.05 bits per heavy atom. The highest BCUT2D eigenvalue weighted by Gasteiger charge is 2.44. The lowest BCUT2D eigenvalue weighted by Crippen LogP contribution is -2.64. The van der Waals surface area contributed by atoms with E-state index in [0.29, 0.717) is 0 Å². The first-order valence-electron chi connectivity index (χ1n) is 6.24. The van der Waals surface area contributed by atoms with Crippen molar-refractivity contribution >= 4 is 17.8 Å². The van der Waals surface area contributed by atoms with Crippen LogP contribution in [-0.2, 0) is 19.1 Å². The molecular formula is C11H17NO10. The minimum atomic E-state index is -1.99. The Kier molecular flexibility index (Phi) is 6.20. The highest BCUT2D eigenvalue weighted by molar-refractivity contribution is 5.97. The fourth-order valence-electron chi connectivity index (χ4n) is 1.96. The van der Waals surface area contributed by atoms with Crippen molar-refractivity contribution in [3.8, 4) is 0 Å². The predicted octanol–water partition coefficient (Wildman–Crippen LogP) is -3.92. The van der Waals surface area contributed by atoms with E-state index < -0.39 is 67.4 Å². The van der Waals surface area contributed by atoms with Crippen LogP contribution in [0.4, 0.5) is 0 Å². The van der Waals surface area contributed by atoms with E-state index in [0.717, 1.165) is 0 Å². The van der Waals surface area contributed by atoms with Gasteiger partial charge in [0.2, 0.25) is 5.91 Å². The van der Waals surface area contributed by atoms with E-state index in [-0.39, 0.29) is 0 Å². The lowest BCUT2D eigenvalue weighted by Gasteiger charge is -2.40. The second-order valence-electron chi connectivity index (χ2n) is 4.76. The van der Waals surface area contributed by atoms with E-state index in [1.165, 1.54) is 0 Å². The zero-order chi connectivity index (χ0) is 17.0. The molecule has 11 heteroatoms. The number of nitrogens with one attached hydrogen (secondary N) is 1. The molecule has 1 fully saturated rings. The Morgan fingerprint density at radius 3 is 2.05 bits per heavy atom. The van der Waals surface area contributed by atoms with Crippen molar-refractivity contribution < 1.29 is 49.8 Å². The minimum Gasteiger partial charge on any atom is -0.481 e. The van der Waals surface area contributed by atoms with Crippen LogP contribution in [-0.4, -0.2) is 85.7 Å². The molecule has 0 radical (unpaired) electrons. The number of carboxylic acid groups (broad SMARTS) is 2. The van der Waals surface area contributed by atoms with Crippen LogP contribution in [0.3, 0.4) is 0 Å². The molecule has 0 spiro atoms. The summed E-state index contributed by atoms with van der Waals surface area (Å²) < 4.78 is 4.78. The summed E-state index contributed by atoms with van der Waals surface area (Å²) >= 11 is 0. The number of aliphatic hydroxyl groups is 4. The Hall–Kier alpha value is -1.79. The average Bonchev–Trinajstić information content (AvgIpc) is 2.44. The van der Waals surface area contributed by atoms with Crippen LogP contribution >= 0.6 is 0 Å². The summed E-state index contributed by atoms with van der Waals surface area (Å²) in [6.07, 6.45) is -7.26. The number of carbonyl (C=O) groups is 3. The number of ether oxygens (including phenoxy) is 1. The standard InChI is InChI=1S/C11H17NO10/c13-2-4-7(15)8(16)6(11(21)22-4)12-5(14)1-3(9(17)18)10(19)20/h3-4,6-8,11,13,15-16,21H,1-2H2,(H,12,14)(H,17,18)(H,19,20)/t4-,6-,7-,8-,11?/m1/s1. The third kappa shape index (κ3) is 4.11. The van der Waals surface area contributed by atoms with E-state index in [9.17, 15) is 29.7 Å². The van der Waals surface area contributed by atoms with Gasteiger partial charge in [0, 0.05) is 0 Å². The van der Waals surface area contributed by atoms with Gasteiger partial charge in [-0.2, -0.15) is 0 Å². The number of hydrogen-bond donors (Lipinski definition) is 7. The third-order valence-corrected chi connectivity index (χ3v) is 3.21. The molecule has 1 saturated heterocycles. The Labute approximate surface area is 123 Å². The summed E-state index contributed by atoms with van der Waals surface area (Å²) in [5, 5.41) is 57.2. The number of hydrogen-bond acceptors (Lipinski definition) is 8. The van der Waals surface area contributed by atoms with Gasteiger partial charge in [0.15, 0.2) is 12.2 Å². The smallest absolute Gasteiger partial charge is 0.318 e. The van der Waals surface area contributed by atoms with E-state index in [1.807, 2.05) is 5.32 Å². The van der Waals surface area contributed by atoms with Gasteiger partial charge in [-0.05, 0) is 0 Å². The van der Waals surface area contributed by atoms with Gasteiger partial charge in [0.1, 0.15) is 24.4 Å². The van der Waals surface area contributed by atoms with Crippen LogP contribution < -0.4 is 5.32 Å². The molecule has 1 aliphatic rings. The van der Waals surface area contributed by atoms with Gasteiger partial charge in [-0.15, -0.1) is 0 Å². The fraction of sp³-hybridized carbons (Fsp3) is 0.727. The Bertz CT molecular complexity index is 427. The zero-order valence-electron chi connectivity index (χ0n) is 11.2. The van der Waals surface area contributed by atoms with E-state index in [1.54, 1.807) is 0 Å².